The minimum absolute atomic E-state index is 0.520. The average molecular weight is 218 g/mol. The highest BCUT2D eigenvalue weighted by Gasteiger charge is 2.22. The fourth-order valence-corrected chi connectivity index (χ4v) is 2.48. The molecule has 0 bridgehead atoms. The lowest BCUT2D eigenvalue weighted by Gasteiger charge is -2.32. The third-order valence-electron chi connectivity index (χ3n) is 3.17. The van der Waals surface area contributed by atoms with E-state index in [0.717, 1.165) is 6.54 Å². The Labute approximate surface area is 98.4 Å². The molecule has 0 unspecified atom stereocenters. The van der Waals surface area contributed by atoms with Crippen LogP contribution in [-0.4, -0.2) is 18.6 Å². The number of nitrogens with one attached hydrogen (secondary N) is 2. The lowest BCUT2D eigenvalue weighted by molar-refractivity contribution is 0.309. The van der Waals surface area contributed by atoms with E-state index in [-0.39, 0.29) is 0 Å². The normalized spacial score (nSPS) is 25.9. The lowest BCUT2D eigenvalue weighted by atomic mass is 9.93. The topological polar surface area (TPSA) is 24.1 Å². The standard InChI is InChI=1S/C14H22N2/c1-11(2)16-13-8-9-15-14(10-13)12-6-4-3-5-7-12/h3-7,11,13-16H,8-10H2,1-2H3/t13-,14+/m1/s1. The molecule has 1 aromatic carbocycles. The SMILES string of the molecule is CC(C)N[C@@H]1CCN[C@H](c2ccccc2)C1. The van der Waals surface area contributed by atoms with Crippen LogP contribution in [-0.2, 0) is 0 Å². The van der Waals surface area contributed by atoms with Crippen LogP contribution >= 0.6 is 0 Å². The van der Waals surface area contributed by atoms with Crippen LogP contribution in [0, 0.1) is 0 Å². The first kappa shape index (κ1) is 11.6. The highest BCUT2D eigenvalue weighted by Crippen LogP contribution is 2.23. The van der Waals surface area contributed by atoms with Gasteiger partial charge in [-0.15, -0.1) is 0 Å². The maximum Gasteiger partial charge on any atom is 0.0335 e. The number of rotatable bonds is 3. The van der Waals surface area contributed by atoms with Crippen LogP contribution in [0.15, 0.2) is 30.3 Å². The molecule has 1 saturated heterocycles. The molecule has 1 fully saturated rings. The van der Waals surface area contributed by atoms with Crippen LogP contribution in [0.4, 0.5) is 0 Å². The Morgan fingerprint density at radius 2 is 2.00 bits per heavy atom. The van der Waals surface area contributed by atoms with E-state index in [0.29, 0.717) is 18.1 Å². The fraction of sp³-hybridized carbons (Fsp3) is 0.571. The molecule has 2 nitrogen and oxygen atoms in total. The number of piperidine rings is 1. The first-order valence-electron chi connectivity index (χ1n) is 6.30. The van der Waals surface area contributed by atoms with Crippen molar-refractivity contribution in [3.05, 3.63) is 35.9 Å². The van der Waals surface area contributed by atoms with E-state index in [1.54, 1.807) is 0 Å². The molecular weight excluding hydrogens is 196 g/mol. The van der Waals surface area contributed by atoms with E-state index in [4.69, 9.17) is 0 Å². The van der Waals surface area contributed by atoms with Crippen molar-refractivity contribution in [2.45, 2.75) is 44.8 Å². The molecule has 0 spiro atoms. The van der Waals surface area contributed by atoms with Gasteiger partial charge in [0.2, 0.25) is 0 Å². The van der Waals surface area contributed by atoms with Crippen LogP contribution in [0.1, 0.15) is 38.3 Å². The molecule has 1 aliphatic heterocycles. The van der Waals surface area contributed by atoms with Gasteiger partial charge >= 0.3 is 0 Å². The van der Waals surface area contributed by atoms with Crippen LogP contribution in [0.2, 0.25) is 0 Å². The van der Waals surface area contributed by atoms with E-state index in [2.05, 4.69) is 54.8 Å². The molecule has 16 heavy (non-hydrogen) atoms. The van der Waals surface area contributed by atoms with Crippen molar-refractivity contribution < 1.29 is 0 Å². The zero-order chi connectivity index (χ0) is 11.4. The van der Waals surface area contributed by atoms with Gasteiger partial charge in [0.05, 0.1) is 0 Å². The molecule has 1 aromatic rings. The Morgan fingerprint density at radius 3 is 2.69 bits per heavy atom. The minimum atomic E-state index is 0.520. The minimum Gasteiger partial charge on any atom is -0.312 e. The van der Waals surface area contributed by atoms with Gasteiger partial charge in [-0.1, -0.05) is 44.2 Å². The number of hydrogen-bond acceptors (Lipinski definition) is 2. The summed E-state index contributed by atoms with van der Waals surface area (Å²) < 4.78 is 0. The molecule has 1 heterocycles. The van der Waals surface area contributed by atoms with Gasteiger partial charge in [-0.25, -0.2) is 0 Å². The predicted molar refractivity (Wildman–Crippen MR) is 68.5 cm³/mol. The van der Waals surface area contributed by atoms with Crippen molar-refractivity contribution in [3.8, 4) is 0 Å². The molecule has 0 amide bonds. The molecule has 88 valence electrons. The Kier molecular flexibility index (Phi) is 3.97. The summed E-state index contributed by atoms with van der Waals surface area (Å²) in [5.41, 5.74) is 1.41. The second-order valence-corrected chi connectivity index (χ2v) is 4.96. The third kappa shape index (κ3) is 3.06. The fourth-order valence-electron chi connectivity index (χ4n) is 2.48. The summed E-state index contributed by atoms with van der Waals surface area (Å²) in [7, 11) is 0. The second-order valence-electron chi connectivity index (χ2n) is 4.96. The first-order valence-corrected chi connectivity index (χ1v) is 6.30. The zero-order valence-corrected chi connectivity index (χ0v) is 10.2. The van der Waals surface area contributed by atoms with Gasteiger partial charge in [0.15, 0.2) is 0 Å². The summed E-state index contributed by atoms with van der Waals surface area (Å²) in [5, 5.41) is 7.24. The smallest absolute Gasteiger partial charge is 0.0335 e. The summed E-state index contributed by atoms with van der Waals surface area (Å²) in [6, 6.07) is 12.5. The van der Waals surface area contributed by atoms with Crippen molar-refractivity contribution in [1.29, 1.82) is 0 Å². The van der Waals surface area contributed by atoms with E-state index in [1.165, 1.54) is 18.4 Å². The molecule has 2 atom stereocenters. The van der Waals surface area contributed by atoms with Gasteiger partial charge in [-0.3, -0.25) is 0 Å². The van der Waals surface area contributed by atoms with Crippen molar-refractivity contribution in [2.24, 2.45) is 0 Å². The van der Waals surface area contributed by atoms with Crippen molar-refractivity contribution in [1.82, 2.24) is 10.6 Å². The molecule has 2 rings (SSSR count). The van der Waals surface area contributed by atoms with Crippen molar-refractivity contribution >= 4 is 0 Å². The van der Waals surface area contributed by atoms with Crippen LogP contribution in [0.25, 0.3) is 0 Å². The quantitative estimate of drug-likeness (QED) is 0.814. The number of benzene rings is 1. The lowest BCUT2D eigenvalue weighted by Crippen LogP contribution is -2.44. The summed E-state index contributed by atoms with van der Waals surface area (Å²) >= 11 is 0. The van der Waals surface area contributed by atoms with E-state index < -0.39 is 0 Å². The van der Waals surface area contributed by atoms with Gasteiger partial charge in [0.1, 0.15) is 0 Å². The molecule has 1 aliphatic rings. The first-order chi connectivity index (χ1) is 7.75. The van der Waals surface area contributed by atoms with Gasteiger partial charge < -0.3 is 10.6 Å². The number of hydrogen-bond donors (Lipinski definition) is 2. The van der Waals surface area contributed by atoms with Crippen LogP contribution < -0.4 is 10.6 Å². The second kappa shape index (κ2) is 5.46. The Morgan fingerprint density at radius 1 is 1.25 bits per heavy atom. The van der Waals surface area contributed by atoms with Gasteiger partial charge in [-0.05, 0) is 24.9 Å². The molecule has 0 aromatic heterocycles. The highest BCUT2D eigenvalue weighted by molar-refractivity contribution is 5.19. The Balaban J connectivity index is 1.97. The summed E-state index contributed by atoms with van der Waals surface area (Å²) in [6.45, 7) is 5.56. The third-order valence-corrected chi connectivity index (χ3v) is 3.17. The molecule has 0 radical (unpaired) electrons. The Bertz CT molecular complexity index is 308. The Hall–Kier alpha value is -0.860. The monoisotopic (exact) mass is 218 g/mol. The van der Waals surface area contributed by atoms with E-state index in [1.807, 2.05) is 0 Å². The summed E-state index contributed by atoms with van der Waals surface area (Å²) in [6.07, 6.45) is 2.43. The van der Waals surface area contributed by atoms with Crippen LogP contribution in [0.3, 0.4) is 0 Å². The summed E-state index contributed by atoms with van der Waals surface area (Å²) in [5.74, 6) is 0. The molecule has 2 heteroatoms. The largest absolute Gasteiger partial charge is 0.312 e. The molecular formula is C14H22N2. The molecule has 0 aliphatic carbocycles. The average Bonchev–Trinajstić information content (AvgIpc) is 2.30. The van der Waals surface area contributed by atoms with E-state index in [9.17, 15) is 0 Å². The summed E-state index contributed by atoms with van der Waals surface area (Å²) in [4.78, 5) is 0. The van der Waals surface area contributed by atoms with Gasteiger partial charge in [0, 0.05) is 18.1 Å². The molecule has 0 saturated carbocycles. The predicted octanol–water partition coefficient (Wildman–Crippen LogP) is 2.48. The maximum absolute atomic E-state index is 3.64. The zero-order valence-electron chi connectivity index (χ0n) is 10.2. The van der Waals surface area contributed by atoms with E-state index >= 15 is 0 Å². The van der Waals surface area contributed by atoms with Crippen LogP contribution in [0.5, 0.6) is 0 Å². The van der Waals surface area contributed by atoms with Crippen molar-refractivity contribution in [2.75, 3.05) is 6.54 Å². The molecule has 2 N–H and O–H groups in total. The highest BCUT2D eigenvalue weighted by atomic mass is 15.0. The maximum atomic E-state index is 3.64. The van der Waals surface area contributed by atoms with Gasteiger partial charge in [-0.2, -0.15) is 0 Å². The van der Waals surface area contributed by atoms with Crippen molar-refractivity contribution in [3.63, 3.8) is 0 Å². The van der Waals surface area contributed by atoms with Gasteiger partial charge in [0.25, 0.3) is 0 Å².